The van der Waals surface area contributed by atoms with Crippen LogP contribution in [-0.2, 0) is 0 Å². The van der Waals surface area contributed by atoms with Crippen molar-refractivity contribution in [3.63, 3.8) is 0 Å². The van der Waals surface area contributed by atoms with Gasteiger partial charge in [0.15, 0.2) is 0 Å². The fourth-order valence-corrected chi connectivity index (χ4v) is 1.16. The van der Waals surface area contributed by atoms with Crippen LogP contribution in [0, 0.1) is 5.92 Å². The first-order chi connectivity index (χ1) is 6.58. The predicted octanol–water partition coefficient (Wildman–Crippen LogP) is -4.14. The molecule has 0 unspecified atom stereocenters. The highest BCUT2D eigenvalue weighted by atomic mass is 16.4. The summed E-state index contributed by atoms with van der Waals surface area (Å²) in [7, 11) is 1.72. The highest BCUT2D eigenvalue weighted by Gasteiger charge is 2.31. The van der Waals surface area contributed by atoms with Crippen molar-refractivity contribution in [1.82, 2.24) is 0 Å². The normalized spacial score (nSPS) is 18.2. The number of rotatable bonds is 7. The number of nitrogens with two attached hydrogens (primary N) is 1. The van der Waals surface area contributed by atoms with Gasteiger partial charge in [0.05, 0.1) is 26.4 Å². The van der Waals surface area contributed by atoms with E-state index in [9.17, 15) is 15.3 Å². The van der Waals surface area contributed by atoms with Gasteiger partial charge in [-0.2, -0.15) is 0 Å². The van der Waals surface area contributed by atoms with Gasteiger partial charge < -0.3 is 30.8 Å². The Balaban J connectivity index is 4.13. The number of hydrogen-bond donors (Lipinski definition) is 6. The summed E-state index contributed by atoms with van der Waals surface area (Å²) in [6.45, 7) is -0.615. The molecule has 6 nitrogen and oxygen atoms in total. The SMILES string of the molecule is C[NH2+]C[C@H](O)[C@@H](O)[C@H](O)C(CO)CO. The van der Waals surface area contributed by atoms with Crippen molar-refractivity contribution in [2.75, 3.05) is 26.8 Å². The zero-order valence-corrected chi connectivity index (χ0v) is 8.24. The minimum Gasteiger partial charge on any atom is -0.396 e. The summed E-state index contributed by atoms with van der Waals surface area (Å²) >= 11 is 0. The Morgan fingerprint density at radius 3 is 1.86 bits per heavy atom. The molecule has 0 fully saturated rings. The van der Waals surface area contributed by atoms with Gasteiger partial charge in [-0.05, 0) is 0 Å². The molecule has 0 amide bonds. The van der Waals surface area contributed by atoms with Crippen molar-refractivity contribution < 1.29 is 30.8 Å². The zero-order valence-electron chi connectivity index (χ0n) is 8.24. The quantitative estimate of drug-likeness (QED) is 0.255. The molecule has 0 aliphatic rings. The lowest BCUT2D eigenvalue weighted by Gasteiger charge is -2.26. The monoisotopic (exact) mass is 210 g/mol. The van der Waals surface area contributed by atoms with Crippen LogP contribution in [-0.4, -0.2) is 70.7 Å². The van der Waals surface area contributed by atoms with E-state index < -0.39 is 37.4 Å². The Morgan fingerprint density at radius 2 is 1.50 bits per heavy atom. The van der Waals surface area contributed by atoms with Crippen LogP contribution in [0.2, 0.25) is 0 Å². The third-order valence-corrected chi connectivity index (χ3v) is 2.17. The van der Waals surface area contributed by atoms with Gasteiger partial charge >= 0.3 is 0 Å². The average molecular weight is 210 g/mol. The van der Waals surface area contributed by atoms with Crippen LogP contribution in [0.15, 0.2) is 0 Å². The Hall–Kier alpha value is -0.240. The summed E-state index contributed by atoms with van der Waals surface area (Å²) in [6.07, 6.45) is -3.74. The van der Waals surface area contributed by atoms with Gasteiger partial charge in [0, 0.05) is 5.92 Å². The molecule has 0 aliphatic heterocycles. The first-order valence-electron chi connectivity index (χ1n) is 4.62. The lowest BCUT2D eigenvalue weighted by molar-refractivity contribution is -0.635. The third-order valence-electron chi connectivity index (χ3n) is 2.17. The fraction of sp³-hybridized carbons (Fsp3) is 1.00. The standard InChI is InChI=1S/C8H19NO5/c1-9-2-6(12)8(14)7(13)5(3-10)4-11/h5-14H,2-4H2,1H3/p+1/t6-,7+,8+/m0/s1. The minimum atomic E-state index is -1.35. The van der Waals surface area contributed by atoms with E-state index in [-0.39, 0.29) is 6.54 Å². The first kappa shape index (κ1) is 13.8. The van der Waals surface area contributed by atoms with Crippen LogP contribution in [0.3, 0.4) is 0 Å². The number of likely N-dealkylation sites (N-methyl/N-ethyl adjacent to an activating group) is 1. The number of quaternary nitrogens is 1. The van der Waals surface area contributed by atoms with Gasteiger partial charge in [0.25, 0.3) is 0 Å². The number of aliphatic hydroxyl groups excluding tert-OH is 5. The zero-order chi connectivity index (χ0) is 11.1. The van der Waals surface area contributed by atoms with E-state index in [1.165, 1.54) is 0 Å². The number of hydrogen-bond acceptors (Lipinski definition) is 5. The van der Waals surface area contributed by atoms with E-state index in [4.69, 9.17) is 10.2 Å². The molecule has 0 aliphatic carbocycles. The maximum atomic E-state index is 9.43. The molecule has 3 atom stereocenters. The minimum absolute atomic E-state index is 0.252. The van der Waals surface area contributed by atoms with Gasteiger partial charge in [-0.3, -0.25) is 0 Å². The van der Waals surface area contributed by atoms with Crippen LogP contribution in [0.4, 0.5) is 0 Å². The molecule has 86 valence electrons. The Morgan fingerprint density at radius 1 is 1.00 bits per heavy atom. The maximum absolute atomic E-state index is 9.43. The van der Waals surface area contributed by atoms with Gasteiger partial charge in [0.1, 0.15) is 18.8 Å². The van der Waals surface area contributed by atoms with E-state index in [0.29, 0.717) is 0 Å². The van der Waals surface area contributed by atoms with Crippen molar-refractivity contribution in [1.29, 1.82) is 0 Å². The van der Waals surface area contributed by atoms with Crippen molar-refractivity contribution >= 4 is 0 Å². The summed E-state index contributed by atoms with van der Waals surface area (Å²) < 4.78 is 0. The fourth-order valence-electron chi connectivity index (χ4n) is 1.16. The van der Waals surface area contributed by atoms with Crippen LogP contribution < -0.4 is 5.32 Å². The summed E-state index contributed by atoms with van der Waals surface area (Å²) in [4.78, 5) is 0. The van der Waals surface area contributed by atoms with E-state index in [1.54, 1.807) is 12.4 Å². The van der Waals surface area contributed by atoms with E-state index in [2.05, 4.69) is 0 Å². The molecule has 0 aromatic rings. The van der Waals surface area contributed by atoms with Crippen molar-refractivity contribution in [2.24, 2.45) is 5.92 Å². The highest BCUT2D eigenvalue weighted by Crippen LogP contribution is 2.09. The van der Waals surface area contributed by atoms with E-state index in [0.717, 1.165) is 0 Å². The smallest absolute Gasteiger partial charge is 0.131 e. The lowest BCUT2D eigenvalue weighted by Crippen LogP contribution is -2.83. The maximum Gasteiger partial charge on any atom is 0.131 e. The Labute approximate surface area is 82.8 Å². The molecule has 0 aromatic heterocycles. The summed E-state index contributed by atoms with van der Waals surface area (Å²) in [5.41, 5.74) is 0. The van der Waals surface area contributed by atoms with Crippen molar-refractivity contribution in [3.8, 4) is 0 Å². The molecule has 7 N–H and O–H groups in total. The molecule has 0 rings (SSSR count). The molecule has 0 bridgehead atoms. The van der Waals surface area contributed by atoms with Crippen LogP contribution >= 0.6 is 0 Å². The second-order valence-electron chi connectivity index (χ2n) is 3.32. The largest absolute Gasteiger partial charge is 0.396 e. The summed E-state index contributed by atoms with van der Waals surface area (Å²) in [6, 6.07) is 0. The predicted molar refractivity (Wildman–Crippen MR) is 48.4 cm³/mol. The molecule has 0 aromatic carbocycles. The summed E-state index contributed by atoms with van der Waals surface area (Å²) in [5, 5.41) is 47.3. The average Bonchev–Trinajstić information content (AvgIpc) is 2.18. The topological polar surface area (TPSA) is 118 Å². The second kappa shape index (κ2) is 7.10. The summed E-state index contributed by atoms with van der Waals surface area (Å²) in [5.74, 6) is -0.823. The highest BCUT2D eigenvalue weighted by molar-refractivity contribution is 4.79. The van der Waals surface area contributed by atoms with Gasteiger partial charge in [-0.25, -0.2) is 0 Å². The van der Waals surface area contributed by atoms with Crippen LogP contribution in [0.25, 0.3) is 0 Å². The van der Waals surface area contributed by atoms with Crippen LogP contribution in [0.5, 0.6) is 0 Å². The van der Waals surface area contributed by atoms with Crippen molar-refractivity contribution in [3.05, 3.63) is 0 Å². The molecule has 0 spiro atoms. The Kier molecular flexibility index (Phi) is 6.98. The van der Waals surface area contributed by atoms with Gasteiger partial charge in [0.2, 0.25) is 0 Å². The second-order valence-corrected chi connectivity index (χ2v) is 3.32. The third kappa shape index (κ3) is 3.87. The van der Waals surface area contributed by atoms with Crippen LogP contribution in [0.1, 0.15) is 0 Å². The molecule has 0 radical (unpaired) electrons. The molecule has 14 heavy (non-hydrogen) atoms. The molecule has 6 heteroatoms. The molecular weight excluding hydrogens is 190 g/mol. The molecule has 0 saturated carbocycles. The lowest BCUT2D eigenvalue weighted by atomic mass is 9.96. The Bertz CT molecular complexity index is 142. The molecule has 0 heterocycles. The van der Waals surface area contributed by atoms with Gasteiger partial charge in [-0.15, -0.1) is 0 Å². The van der Waals surface area contributed by atoms with E-state index >= 15 is 0 Å². The molecule has 0 saturated heterocycles. The number of aliphatic hydroxyl groups is 5. The molecular formula is C8H20NO5+. The van der Waals surface area contributed by atoms with E-state index in [1.807, 2.05) is 0 Å². The van der Waals surface area contributed by atoms with Gasteiger partial charge in [-0.1, -0.05) is 0 Å². The van der Waals surface area contributed by atoms with Crippen molar-refractivity contribution in [2.45, 2.75) is 18.3 Å². The first-order valence-corrected chi connectivity index (χ1v) is 4.62.